The zero-order valence-corrected chi connectivity index (χ0v) is 17.4. The molecule has 0 aromatic carbocycles. The topological polar surface area (TPSA) is 112 Å². The molecule has 3 N–H and O–H groups in total. The van der Waals surface area contributed by atoms with Crippen LogP contribution in [0.1, 0.15) is 32.1 Å². The van der Waals surface area contributed by atoms with Crippen molar-refractivity contribution in [1.29, 1.82) is 0 Å². The number of likely N-dealkylation sites (tertiary alicyclic amines) is 1. The Labute approximate surface area is 183 Å². The fraction of sp³-hybridized carbons (Fsp3) is 0.476. The minimum Gasteiger partial charge on any atom is -0.365 e. The highest BCUT2D eigenvalue weighted by atomic mass is 19.1. The van der Waals surface area contributed by atoms with Crippen molar-refractivity contribution in [3.05, 3.63) is 30.3 Å². The molecule has 0 unspecified atom stereocenters. The van der Waals surface area contributed by atoms with Gasteiger partial charge >= 0.3 is 6.03 Å². The number of pyridine rings is 1. The molecule has 0 spiro atoms. The number of carbonyl (C=O) groups is 1. The molecule has 3 aromatic heterocycles. The number of urea groups is 1. The van der Waals surface area contributed by atoms with Crippen molar-refractivity contribution in [1.82, 2.24) is 35.4 Å². The van der Waals surface area contributed by atoms with E-state index < -0.39 is 12.0 Å². The SMILES string of the molecule is O=C(N[C@@H]1CCC[C@H](Nc2nc(-c3n[nH]c4ncccc34)ncc2F)C1)N1CC[C@@H](F)C1. The van der Waals surface area contributed by atoms with Crippen molar-refractivity contribution in [2.75, 3.05) is 18.4 Å². The lowest BCUT2D eigenvalue weighted by molar-refractivity contribution is 0.195. The zero-order chi connectivity index (χ0) is 22.1. The molecule has 1 saturated heterocycles. The average molecular weight is 442 g/mol. The zero-order valence-electron chi connectivity index (χ0n) is 17.4. The van der Waals surface area contributed by atoms with E-state index in [0.717, 1.165) is 30.8 Å². The van der Waals surface area contributed by atoms with E-state index >= 15 is 0 Å². The lowest BCUT2D eigenvalue weighted by Gasteiger charge is -2.31. The third-order valence-corrected chi connectivity index (χ3v) is 6.05. The lowest BCUT2D eigenvalue weighted by atomic mass is 9.91. The standard InChI is InChI=1S/C21H24F2N8O/c22-12-6-8-31(11-12)21(32)27-14-4-1-3-13(9-14)26-19-16(23)10-25-20(28-19)17-15-5-2-7-24-18(15)30-29-17/h2,5,7,10,12-14H,1,3-4,6,8-9,11H2,(H,27,32)(H,24,29,30)(H,25,26,28)/t12-,13+,14-/m1/s1. The first-order chi connectivity index (χ1) is 15.6. The molecule has 1 saturated carbocycles. The van der Waals surface area contributed by atoms with Gasteiger partial charge in [-0.2, -0.15) is 5.10 Å². The van der Waals surface area contributed by atoms with Crippen LogP contribution in [0.4, 0.5) is 19.4 Å². The van der Waals surface area contributed by atoms with Crippen LogP contribution in [-0.4, -0.2) is 67.4 Å². The molecule has 2 amide bonds. The highest BCUT2D eigenvalue weighted by Crippen LogP contribution is 2.26. The van der Waals surface area contributed by atoms with Crippen molar-refractivity contribution in [3.8, 4) is 11.5 Å². The summed E-state index contributed by atoms with van der Waals surface area (Å²) in [4.78, 5) is 26.6. The van der Waals surface area contributed by atoms with Gasteiger partial charge in [0.05, 0.1) is 18.1 Å². The number of nitrogens with one attached hydrogen (secondary N) is 3. The van der Waals surface area contributed by atoms with E-state index in [2.05, 4.69) is 35.8 Å². The van der Waals surface area contributed by atoms with Gasteiger partial charge in [0.1, 0.15) is 11.9 Å². The fourth-order valence-corrected chi connectivity index (χ4v) is 4.42. The number of alkyl halides is 1. The van der Waals surface area contributed by atoms with Crippen LogP contribution < -0.4 is 10.6 Å². The Morgan fingerprint density at radius 2 is 2.09 bits per heavy atom. The van der Waals surface area contributed by atoms with Crippen LogP contribution in [0.2, 0.25) is 0 Å². The second-order valence-corrected chi connectivity index (χ2v) is 8.35. The van der Waals surface area contributed by atoms with Crippen LogP contribution in [0, 0.1) is 5.82 Å². The van der Waals surface area contributed by atoms with Crippen LogP contribution in [0.25, 0.3) is 22.6 Å². The largest absolute Gasteiger partial charge is 0.365 e. The van der Waals surface area contributed by atoms with E-state index in [1.54, 1.807) is 12.3 Å². The average Bonchev–Trinajstić information content (AvgIpc) is 3.42. The second kappa shape index (κ2) is 8.64. The second-order valence-electron chi connectivity index (χ2n) is 8.35. The summed E-state index contributed by atoms with van der Waals surface area (Å²) in [6.07, 6.45) is 5.40. The molecule has 32 heavy (non-hydrogen) atoms. The summed E-state index contributed by atoms with van der Waals surface area (Å²) in [7, 11) is 0. The minimum atomic E-state index is -0.945. The number of fused-ring (bicyclic) bond motifs is 1. The van der Waals surface area contributed by atoms with E-state index in [-0.39, 0.29) is 30.5 Å². The Bertz CT molecular complexity index is 1120. The molecule has 1 aliphatic carbocycles. The summed E-state index contributed by atoms with van der Waals surface area (Å²) in [5, 5.41) is 14.0. The van der Waals surface area contributed by atoms with Crippen molar-refractivity contribution in [2.24, 2.45) is 0 Å². The number of hydrogen-bond donors (Lipinski definition) is 3. The maximum absolute atomic E-state index is 14.5. The number of hydrogen-bond acceptors (Lipinski definition) is 6. The Hall–Kier alpha value is -3.37. The molecule has 4 heterocycles. The Kier molecular flexibility index (Phi) is 5.54. The normalized spacial score (nSPS) is 23.4. The molecule has 3 atom stereocenters. The lowest BCUT2D eigenvalue weighted by Crippen LogP contribution is -2.47. The van der Waals surface area contributed by atoms with Crippen molar-refractivity contribution >= 4 is 22.9 Å². The van der Waals surface area contributed by atoms with E-state index in [1.807, 2.05) is 6.07 Å². The number of H-pyrrole nitrogens is 1. The van der Waals surface area contributed by atoms with E-state index in [9.17, 15) is 13.6 Å². The van der Waals surface area contributed by atoms with Gasteiger partial charge in [0, 0.05) is 24.8 Å². The Balaban J connectivity index is 1.27. The number of halogens is 2. The summed E-state index contributed by atoms with van der Waals surface area (Å²) in [6.45, 7) is 0.584. The molecule has 2 fully saturated rings. The van der Waals surface area contributed by atoms with Crippen molar-refractivity contribution < 1.29 is 13.6 Å². The molecule has 168 valence electrons. The minimum absolute atomic E-state index is 0.0573. The highest BCUT2D eigenvalue weighted by Gasteiger charge is 2.29. The molecule has 11 heteroatoms. The maximum Gasteiger partial charge on any atom is 0.317 e. The van der Waals surface area contributed by atoms with Crippen LogP contribution in [-0.2, 0) is 0 Å². The van der Waals surface area contributed by atoms with E-state index in [4.69, 9.17) is 0 Å². The van der Waals surface area contributed by atoms with Gasteiger partial charge in [0.25, 0.3) is 0 Å². The molecule has 5 rings (SSSR count). The van der Waals surface area contributed by atoms with Crippen molar-refractivity contribution in [3.63, 3.8) is 0 Å². The van der Waals surface area contributed by atoms with Gasteiger partial charge in [-0.05, 0) is 44.2 Å². The van der Waals surface area contributed by atoms with Crippen LogP contribution in [0.3, 0.4) is 0 Å². The van der Waals surface area contributed by atoms with Crippen LogP contribution >= 0.6 is 0 Å². The van der Waals surface area contributed by atoms with Gasteiger partial charge in [0.15, 0.2) is 23.1 Å². The molecule has 2 aliphatic rings. The van der Waals surface area contributed by atoms with Gasteiger partial charge in [-0.3, -0.25) is 5.10 Å². The predicted octanol–water partition coefficient (Wildman–Crippen LogP) is 3.03. The molecule has 0 bridgehead atoms. The number of anilines is 1. The van der Waals surface area contributed by atoms with E-state index in [1.165, 1.54) is 4.90 Å². The molecule has 9 nitrogen and oxygen atoms in total. The monoisotopic (exact) mass is 442 g/mol. The number of amides is 2. The molecule has 1 aliphatic heterocycles. The molecule has 0 radical (unpaired) electrons. The summed E-state index contributed by atoms with van der Waals surface area (Å²) < 4.78 is 27.9. The van der Waals surface area contributed by atoms with Gasteiger partial charge in [-0.15, -0.1) is 0 Å². The summed E-state index contributed by atoms with van der Waals surface area (Å²) in [6, 6.07) is 3.29. The third kappa shape index (κ3) is 4.19. The molecule has 3 aromatic rings. The highest BCUT2D eigenvalue weighted by molar-refractivity contribution is 5.88. The van der Waals surface area contributed by atoms with Gasteiger partial charge in [-0.25, -0.2) is 28.5 Å². The Morgan fingerprint density at radius 3 is 2.94 bits per heavy atom. The predicted molar refractivity (Wildman–Crippen MR) is 114 cm³/mol. The van der Waals surface area contributed by atoms with E-state index in [0.29, 0.717) is 36.6 Å². The Morgan fingerprint density at radius 1 is 1.22 bits per heavy atom. The number of carbonyl (C=O) groups excluding carboxylic acids is 1. The number of aromatic amines is 1. The summed E-state index contributed by atoms with van der Waals surface area (Å²) >= 11 is 0. The van der Waals surface area contributed by atoms with Gasteiger partial charge in [0.2, 0.25) is 0 Å². The van der Waals surface area contributed by atoms with Crippen LogP contribution in [0.15, 0.2) is 24.5 Å². The van der Waals surface area contributed by atoms with Gasteiger partial charge in [-0.1, -0.05) is 0 Å². The fourth-order valence-electron chi connectivity index (χ4n) is 4.42. The summed E-state index contributed by atoms with van der Waals surface area (Å²) in [5.41, 5.74) is 1.11. The first kappa shape index (κ1) is 20.5. The van der Waals surface area contributed by atoms with Crippen LogP contribution in [0.5, 0.6) is 0 Å². The molecular weight excluding hydrogens is 418 g/mol. The third-order valence-electron chi connectivity index (χ3n) is 6.05. The molecular formula is C21H24F2N8O. The van der Waals surface area contributed by atoms with Crippen molar-refractivity contribution in [2.45, 2.75) is 50.4 Å². The number of aromatic nitrogens is 5. The quantitative estimate of drug-likeness (QED) is 0.573. The smallest absolute Gasteiger partial charge is 0.317 e. The maximum atomic E-state index is 14.5. The number of rotatable bonds is 4. The number of nitrogens with zero attached hydrogens (tertiary/aromatic N) is 5. The first-order valence-corrected chi connectivity index (χ1v) is 10.8. The van der Waals surface area contributed by atoms with Gasteiger partial charge < -0.3 is 15.5 Å². The summed E-state index contributed by atoms with van der Waals surface area (Å²) in [5.74, 6) is -0.153. The first-order valence-electron chi connectivity index (χ1n) is 10.8.